The first-order chi connectivity index (χ1) is 12.8. The van der Waals surface area contributed by atoms with Crippen LogP contribution in [-0.4, -0.2) is 25.5 Å². The first kappa shape index (κ1) is 19.8. The number of nitro benzene ring substituents is 1. The van der Waals surface area contributed by atoms with E-state index >= 15 is 0 Å². The summed E-state index contributed by atoms with van der Waals surface area (Å²) in [6.07, 6.45) is 3.99. The fourth-order valence-electron chi connectivity index (χ4n) is 2.06. The lowest BCUT2D eigenvalue weighted by Crippen LogP contribution is -2.18. The number of para-hydroxylation sites is 1. The number of nitrogens with zero attached hydrogens (tertiary/aromatic N) is 2. The Kier molecular flexibility index (Phi) is 6.39. The number of sulfonamides is 1. The molecule has 0 aliphatic carbocycles. The van der Waals surface area contributed by atoms with Crippen molar-refractivity contribution in [3.8, 4) is 0 Å². The minimum absolute atomic E-state index is 0.0311. The number of anilines is 1. The van der Waals surface area contributed by atoms with Crippen molar-refractivity contribution < 1.29 is 18.1 Å². The van der Waals surface area contributed by atoms with E-state index < -0.39 is 14.9 Å². The van der Waals surface area contributed by atoms with Crippen LogP contribution in [0.1, 0.15) is 12.5 Å². The molecule has 0 bridgehead atoms. The smallest absolute Gasteiger partial charge is 0.276 e. The van der Waals surface area contributed by atoms with Gasteiger partial charge in [0, 0.05) is 24.9 Å². The molecule has 0 radical (unpaired) electrons. The summed E-state index contributed by atoms with van der Waals surface area (Å²) >= 11 is 0. The monoisotopic (exact) mass is 388 g/mol. The number of hydrogen-bond donors (Lipinski definition) is 2. The molecule has 0 unspecified atom stereocenters. The predicted octanol–water partition coefficient (Wildman–Crippen LogP) is 2.53. The molecule has 2 N–H and O–H groups in total. The molecule has 1 amide bonds. The van der Waals surface area contributed by atoms with Gasteiger partial charge in [0.1, 0.15) is 0 Å². The number of carbonyl (C=O) groups excluding carboxylic acids is 1. The summed E-state index contributed by atoms with van der Waals surface area (Å²) in [5.74, 6) is -0.265. The lowest BCUT2D eigenvalue weighted by molar-refractivity contribution is -0.385. The zero-order valence-corrected chi connectivity index (χ0v) is 15.0. The van der Waals surface area contributed by atoms with Crippen molar-refractivity contribution in [2.75, 3.05) is 5.32 Å². The van der Waals surface area contributed by atoms with Crippen LogP contribution in [0, 0.1) is 10.1 Å². The van der Waals surface area contributed by atoms with Crippen LogP contribution < -0.4 is 10.1 Å². The number of rotatable bonds is 7. The van der Waals surface area contributed by atoms with Crippen molar-refractivity contribution in [1.82, 2.24) is 4.83 Å². The minimum atomic E-state index is -3.87. The van der Waals surface area contributed by atoms with Gasteiger partial charge in [-0.05, 0) is 42.5 Å². The molecule has 0 aliphatic rings. The van der Waals surface area contributed by atoms with E-state index in [1.54, 1.807) is 18.2 Å². The first-order valence-electron chi connectivity index (χ1n) is 7.62. The van der Waals surface area contributed by atoms with E-state index in [1.807, 2.05) is 4.83 Å². The summed E-state index contributed by atoms with van der Waals surface area (Å²) in [4.78, 5) is 23.3. The number of carbonyl (C=O) groups is 1. The van der Waals surface area contributed by atoms with Gasteiger partial charge in [0.2, 0.25) is 5.91 Å². The van der Waals surface area contributed by atoms with Gasteiger partial charge < -0.3 is 5.32 Å². The van der Waals surface area contributed by atoms with Crippen LogP contribution >= 0.6 is 0 Å². The third-order valence-electron chi connectivity index (χ3n) is 3.23. The van der Waals surface area contributed by atoms with Crippen molar-refractivity contribution in [2.24, 2.45) is 5.10 Å². The minimum Gasteiger partial charge on any atom is -0.326 e. The molecular weight excluding hydrogens is 372 g/mol. The zero-order chi connectivity index (χ0) is 19.9. The van der Waals surface area contributed by atoms with Gasteiger partial charge in [-0.25, -0.2) is 4.83 Å². The molecule has 0 atom stereocenters. The van der Waals surface area contributed by atoms with Gasteiger partial charge in [-0.3, -0.25) is 14.9 Å². The normalized spacial score (nSPS) is 11.6. The van der Waals surface area contributed by atoms with E-state index in [1.165, 1.54) is 55.6 Å². The SMILES string of the molecule is CC(=O)Nc1ccc(S(=O)(=O)N/N=C/C=C/c2ccccc2[N+](=O)[O-])cc1. The molecular formula is C17H16N4O5S. The highest BCUT2D eigenvalue weighted by molar-refractivity contribution is 7.89. The lowest BCUT2D eigenvalue weighted by atomic mass is 10.2. The zero-order valence-electron chi connectivity index (χ0n) is 14.2. The van der Waals surface area contributed by atoms with Gasteiger partial charge in [-0.2, -0.15) is 13.5 Å². The number of nitro groups is 1. The Labute approximate surface area is 155 Å². The third kappa shape index (κ3) is 5.75. The van der Waals surface area contributed by atoms with Crippen molar-refractivity contribution in [1.29, 1.82) is 0 Å². The number of nitrogens with one attached hydrogen (secondary N) is 2. The Morgan fingerprint density at radius 1 is 1.15 bits per heavy atom. The van der Waals surface area contributed by atoms with Crippen LogP contribution in [0.15, 0.2) is 64.6 Å². The Morgan fingerprint density at radius 2 is 1.81 bits per heavy atom. The molecule has 9 nitrogen and oxygen atoms in total. The fourth-order valence-corrected chi connectivity index (χ4v) is 2.86. The van der Waals surface area contributed by atoms with E-state index in [-0.39, 0.29) is 16.5 Å². The number of amides is 1. The van der Waals surface area contributed by atoms with Crippen LogP contribution in [0.4, 0.5) is 11.4 Å². The van der Waals surface area contributed by atoms with Gasteiger partial charge in [0.15, 0.2) is 0 Å². The quantitative estimate of drug-likeness (QED) is 0.427. The van der Waals surface area contributed by atoms with Gasteiger partial charge in [-0.1, -0.05) is 12.1 Å². The second-order valence-electron chi connectivity index (χ2n) is 5.25. The molecule has 0 saturated carbocycles. The fraction of sp³-hybridized carbons (Fsp3) is 0.0588. The van der Waals surface area contributed by atoms with Crippen LogP contribution in [0.25, 0.3) is 6.08 Å². The van der Waals surface area contributed by atoms with Gasteiger partial charge in [-0.15, -0.1) is 0 Å². The summed E-state index contributed by atoms with van der Waals surface area (Å²) in [6.45, 7) is 1.35. The lowest BCUT2D eigenvalue weighted by Gasteiger charge is -2.05. The maximum absolute atomic E-state index is 12.1. The maximum atomic E-state index is 12.1. The molecule has 2 aromatic rings. The highest BCUT2D eigenvalue weighted by atomic mass is 32.2. The average Bonchev–Trinajstić information content (AvgIpc) is 2.61. The van der Waals surface area contributed by atoms with Gasteiger partial charge >= 0.3 is 0 Å². The molecule has 0 aromatic heterocycles. The van der Waals surface area contributed by atoms with E-state index in [4.69, 9.17) is 0 Å². The number of hydrogen-bond acceptors (Lipinski definition) is 6. The second kappa shape index (κ2) is 8.72. The first-order valence-corrected chi connectivity index (χ1v) is 9.10. The van der Waals surface area contributed by atoms with Gasteiger partial charge in [0.25, 0.3) is 15.7 Å². The summed E-state index contributed by atoms with van der Waals surface area (Å²) in [5.41, 5.74) is 0.768. The molecule has 0 aliphatic heterocycles. The highest BCUT2D eigenvalue weighted by Gasteiger charge is 2.12. The summed E-state index contributed by atoms with van der Waals surface area (Å²) < 4.78 is 24.2. The Bertz CT molecular complexity index is 998. The molecule has 0 fully saturated rings. The molecule has 0 spiro atoms. The molecule has 0 heterocycles. The second-order valence-corrected chi connectivity index (χ2v) is 6.91. The Morgan fingerprint density at radius 3 is 2.44 bits per heavy atom. The standard InChI is InChI=1S/C17H16N4O5S/c1-13(22)19-15-8-10-16(11-9-15)27(25,26)20-18-12-4-6-14-5-2-3-7-17(14)21(23)24/h2-12,20H,1H3,(H,19,22)/b6-4+,18-12+. The summed E-state index contributed by atoms with van der Waals surface area (Å²) in [6, 6.07) is 11.7. The largest absolute Gasteiger partial charge is 0.326 e. The topological polar surface area (TPSA) is 131 Å². The summed E-state index contributed by atoms with van der Waals surface area (Å²) in [7, 11) is -3.87. The third-order valence-corrected chi connectivity index (χ3v) is 4.47. The van der Waals surface area contributed by atoms with Gasteiger partial charge in [0.05, 0.1) is 15.4 Å². The van der Waals surface area contributed by atoms with Crippen molar-refractivity contribution >= 4 is 39.6 Å². The van der Waals surface area contributed by atoms with E-state index in [9.17, 15) is 23.3 Å². The Balaban J connectivity index is 2.02. The molecule has 27 heavy (non-hydrogen) atoms. The van der Waals surface area contributed by atoms with E-state index in [0.717, 1.165) is 0 Å². The predicted molar refractivity (Wildman–Crippen MR) is 102 cm³/mol. The molecule has 2 rings (SSSR count). The van der Waals surface area contributed by atoms with Crippen LogP contribution in [-0.2, 0) is 14.8 Å². The number of allylic oxidation sites excluding steroid dienone is 1. The van der Waals surface area contributed by atoms with Crippen molar-refractivity contribution in [2.45, 2.75) is 11.8 Å². The molecule has 140 valence electrons. The number of benzene rings is 2. The number of hydrazone groups is 1. The Hall–Kier alpha value is -3.53. The molecule has 2 aromatic carbocycles. The van der Waals surface area contributed by atoms with E-state index in [2.05, 4.69) is 10.4 Å². The van der Waals surface area contributed by atoms with Crippen LogP contribution in [0.2, 0.25) is 0 Å². The van der Waals surface area contributed by atoms with E-state index in [0.29, 0.717) is 11.3 Å². The van der Waals surface area contributed by atoms with Crippen molar-refractivity contribution in [3.63, 3.8) is 0 Å². The average molecular weight is 388 g/mol. The molecule has 10 heteroatoms. The van der Waals surface area contributed by atoms with Crippen LogP contribution in [0.3, 0.4) is 0 Å². The maximum Gasteiger partial charge on any atom is 0.276 e. The summed E-state index contributed by atoms with van der Waals surface area (Å²) in [5, 5.41) is 17.0. The van der Waals surface area contributed by atoms with Crippen LogP contribution in [0.5, 0.6) is 0 Å². The molecule has 0 saturated heterocycles. The van der Waals surface area contributed by atoms with Crippen molar-refractivity contribution in [3.05, 3.63) is 70.3 Å². The highest BCUT2D eigenvalue weighted by Crippen LogP contribution is 2.18.